The summed E-state index contributed by atoms with van der Waals surface area (Å²) in [6, 6.07) is -3.37. The minimum absolute atomic E-state index is 0.0360. The maximum absolute atomic E-state index is 11.1. The first-order valence-electron chi connectivity index (χ1n) is 12.2. The number of hydrogen-bond donors (Lipinski definition) is 11. The van der Waals surface area contributed by atoms with Gasteiger partial charge in [0.15, 0.2) is 18.7 Å². The Labute approximate surface area is 213 Å². The van der Waals surface area contributed by atoms with Gasteiger partial charge in [-0.1, -0.05) is 0 Å². The molecular weight excluding hydrogens is 498 g/mol. The van der Waals surface area contributed by atoms with Crippen LogP contribution in [0.1, 0.15) is 12.8 Å². The molecule has 37 heavy (non-hydrogen) atoms. The van der Waals surface area contributed by atoms with E-state index < -0.39 is 98.3 Å². The zero-order valence-electron chi connectivity index (χ0n) is 20.3. The number of ether oxygens (including phenoxy) is 5. The van der Waals surface area contributed by atoms with Gasteiger partial charge in [0.2, 0.25) is 0 Å². The Morgan fingerprint density at radius 2 is 1.62 bits per heavy atom. The highest BCUT2D eigenvalue weighted by Crippen LogP contribution is 2.36. The largest absolute Gasteiger partial charge is 0.456 e. The first-order valence-corrected chi connectivity index (χ1v) is 12.2. The van der Waals surface area contributed by atoms with Gasteiger partial charge in [0, 0.05) is 18.5 Å². The molecule has 4 aliphatic rings. The van der Waals surface area contributed by atoms with Crippen LogP contribution in [0.3, 0.4) is 0 Å². The van der Waals surface area contributed by atoms with Gasteiger partial charge in [-0.2, -0.15) is 0 Å². The van der Waals surface area contributed by atoms with Gasteiger partial charge in [-0.3, -0.25) is 0 Å². The summed E-state index contributed by atoms with van der Waals surface area (Å²) in [5.74, 6) is -0.158. The highest BCUT2D eigenvalue weighted by atomic mass is 16.8. The summed E-state index contributed by atoms with van der Waals surface area (Å²) in [7, 11) is 1.54. The van der Waals surface area contributed by atoms with E-state index in [0.29, 0.717) is 0 Å². The average molecular weight is 538 g/mol. The molecule has 0 radical (unpaired) electrons. The molecule has 0 aromatic heterocycles. The van der Waals surface area contributed by atoms with Crippen LogP contribution in [-0.2, 0) is 23.7 Å². The van der Waals surface area contributed by atoms with Gasteiger partial charge < -0.3 is 82.6 Å². The van der Waals surface area contributed by atoms with Gasteiger partial charge in [0.1, 0.15) is 42.7 Å². The van der Waals surface area contributed by atoms with E-state index in [4.69, 9.17) is 46.6 Å². The lowest BCUT2D eigenvalue weighted by Gasteiger charge is -2.49. The molecule has 16 heteroatoms. The summed E-state index contributed by atoms with van der Waals surface area (Å²) in [6.45, 7) is -0.515. The SMILES string of the molecule is CNC1C(O[C@H]2OC(CO)[C@@H](N)C(O)C2O)O[C@H]2CC(N)=C(O[C@@H]3C(N)C[C@@H](N)C(O)C3O)OC2C1O. The van der Waals surface area contributed by atoms with Crippen molar-refractivity contribution in [1.29, 1.82) is 0 Å². The van der Waals surface area contributed by atoms with E-state index in [1.807, 2.05) is 0 Å². The van der Waals surface area contributed by atoms with Crippen LogP contribution in [-0.4, -0.2) is 136 Å². The molecule has 3 aliphatic heterocycles. The van der Waals surface area contributed by atoms with Crippen molar-refractivity contribution in [1.82, 2.24) is 5.32 Å². The van der Waals surface area contributed by atoms with Gasteiger partial charge in [0.25, 0.3) is 5.95 Å². The topological polar surface area (TPSA) is 284 Å². The van der Waals surface area contributed by atoms with Crippen LogP contribution < -0.4 is 28.3 Å². The van der Waals surface area contributed by atoms with E-state index >= 15 is 0 Å². The molecule has 1 saturated carbocycles. The number of hydrogen-bond acceptors (Lipinski definition) is 16. The molecule has 15 N–H and O–H groups in total. The normalized spacial score (nSPS) is 50.8. The van der Waals surface area contributed by atoms with Crippen molar-refractivity contribution in [3.63, 3.8) is 0 Å². The van der Waals surface area contributed by atoms with Crippen LogP contribution in [0.4, 0.5) is 0 Å². The van der Waals surface area contributed by atoms with Crippen LogP contribution in [0.5, 0.6) is 0 Å². The molecule has 0 aromatic rings. The lowest BCUT2D eigenvalue weighted by Crippen LogP contribution is -2.67. The van der Waals surface area contributed by atoms with E-state index in [1.54, 1.807) is 7.05 Å². The minimum atomic E-state index is -1.55. The third-order valence-electron chi connectivity index (χ3n) is 7.48. The van der Waals surface area contributed by atoms with Gasteiger partial charge in [-0.05, 0) is 13.5 Å². The standard InChI is InChI=1S/C21H39N5O11/c1-26-11-14(30)18-8(33-20(11)37-21-16(32)13(29)10(25)9(4-27)34-21)3-7(24)19(36-18)35-17-6(23)2-5(22)12(28)15(17)31/h5-6,8-18,20-21,26-32H,2-4,22-25H2,1H3/t5-,6?,8+,9?,10-,11?,12?,13?,14?,15?,16?,17-,18?,20?,21-/m1/s1. The molecule has 16 nitrogen and oxygen atoms in total. The number of nitrogens with two attached hydrogens (primary N) is 4. The van der Waals surface area contributed by atoms with Gasteiger partial charge in [-0.25, -0.2) is 0 Å². The second-order valence-electron chi connectivity index (χ2n) is 9.99. The van der Waals surface area contributed by atoms with Crippen molar-refractivity contribution < 1.29 is 54.3 Å². The Balaban J connectivity index is 1.47. The molecule has 0 bridgehead atoms. The number of fused-ring (bicyclic) bond motifs is 1. The third-order valence-corrected chi connectivity index (χ3v) is 7.48. The van der Waals surface area contributed by atoms with E-state index in [2.05, 4.69) is 5.32 Å². The molecule has 4 rings (SSSR count). The summed E-state index contributed by atoms with van der Waals surface area (Å²) in [5.41, 5.74) is 23.9. The minimum Gasteiger partial charge on any atom is -0.456 e. The van der Waals surface area contributed by atoms with Crippen molar-refractivity contribution in [2.45, 2.75) is 105 Å². The Hall–Kier alpha value is -1.38. The first-order chi connectivity index (χ1) is 17.5. The van der Waals surface area contributed by atoms with Crippen LogP contribution in [0.15, 0.2) is 11.6 Å². The fourth-order valence-corrected chi connectivity index (χ4v) is 5.19. The molecule has 3 fully saturated rings. The summed E-state index contributed by atoms with van der Waals surface area (Å²) in [4.78, 5) is 0. The second kappa shape index (κ2) is 11.4. The summed E-state index contributed by atoms with van der Waals surface area (Å²) in [5, 5.41) is 64.6. The van der Waals surface area contributed by atoms with E-state index in [9.17, 15) is 30.6 Å². The number of nitrogens with one attached hydrogen (secondary N) is 1. The van der Waals surface area contributed by atoms with Crippen molar-refractivity contribution in [3.05, 3.63) is 11.6 Å². The third kappa shape index (κ3) is 5.40. The molecule has 0 amide bonds. The predicted octanol–water partition coefficient (Wildman–Crippen LogP) is -6.47. The Bertz CT molecular complexity index is 824. The highest BCUT2D eigenvalue weighted by molar-refractivity contribution is 5.12. The molecule has 1 aliphatic carbocycles. The predicted molar refractivity (Wildman–Crippen MR) is 122 cm³/mol. The highest BCUT2D eigenvalue weighted by Gasteiger charge is 2.53. The van der Waals surface area contributed by atoms with Crippen molar-refractivity contribution in [2.24, 2.45) is 22.9 Å². The van der Waals surface area contributed by atoms with Gasteiger partial charge in [-0.15, -0.1) is 0 Å². The molecule has 214 valence electrons. The summed E-state index contributed by atoms with van der Waals surface area (Å²) in [6.07, 6.45) is -13.1. The number of aliphatic hydroxyl groups is 6. The maximum atomic E-state index is 11.1. The monoisotopic (exact) mass is 537 g/mol. The Kier molecular flexibility index (Phi) is 8.81. The molecule has 3 heterocycles. The van der Waals surface area contributed by atoms with E-state index in [1.165, 1.54) is 0 Å². The van der Waals surface area contributed by atoms with Crippen molar-refractivity contribution in [3.8, 4) is 0 Å². The lowest BCUT2D eigenvalue weighted by atomic mass is 9.85. The Morgan fingerprint density at radius 3 is 2.27 bits per heavy atom. The maximum Gasteiger partial charge on any atom is 0.299 e. The molecular formula is C21H39N5O11. The fourth-order valence-electron chi connectivity index (χ4n) is 5.19. The fraction of sp³-hybridized carbons (Fsp3) is 0.905. The molecule has 2 saturated heterocycles. The molecule has 0 spiro atoms. The van der Waals surface area contributed by atoms with Crippen LogP contribution >= 0.6 is 0 Å². The van der Waals surface area contributed by atoms with Crippen LogP contribution in [0.25, 0.3) is 0 Å². The van der Waals surface area contributed by atoms with Gasteiger partial charge in [0.05, 0.1) is 30.5 Å². The zero-order chi connectivity index (χ0) is 27.2. The summed E-state index contributed by atoms with van der Waals surface area (Å²) < 4.78 is 28.9. The lowest BCUT2D eigenvalue weighted by molar-refractivity contribution is -0.355. The van der Waals surface area contributed by atoms with E-state index in [0.717, 1.165) is 0 Å². The van der Waals surface area contributed by atoms with Crippen LogP contribution in [0, 0.1) is 0 Å². The molecule has 10 unspecified atom stereocenters. The van der Waals surface area contributed by atoms with Crippen molar-refractivity contribution in [2.75, 3.05) is 13.7 Å². The van der Waals surface area contributed by atoms with Crippen molar-refractivity contribution >= 4 is 0 Å². The average Bonchev–Trinajstić information content (AvgIpc) is 2.86. The summed E-state index contributed by atoms with van der Waals surface area (Å²) >= 11 is 0. The first kappa shape index (κ1) is 28.6. The number of rotatable bonds is 6. The smallest absolute Gasteiger partial charge is 0.299 e. The number of likely N-dealkylation sites (N-methyl/N-ethyl adjacent to an activating group) is 1. The zero-order valence-corrected chi connectivity index (χ0v) is 20.3. The van der Waals surface area contributed by atoms with Gasteiger partial charge >= 0.3 is 0 Å². The van der Waals surface area contributed by atoms with Crippen LogP contribution in [0.2, 0.25) is 0 Å². The molecule has 15 atom stereocenters. The quantitative estimate of drug-likeness (QED) is 0.150. The second-order valence-corrected chi connectivity index (χ2v) is 9.99. The Morgan fingerprint density at radius 1 is 0.919 bits per heavy atom. The number of aliphatic hydroxyl groups excluding tert-OH is 6. The molecule has 0 aromatic carbocycles. The van der Waals surface area contributed by atoms with E-state index in [-0.39, 0.29) is 24.5 Å².